The highest BCUT2D eigenvalue weighted by Gasteiger charge is 2.20. The van der Waals surface area contributed by atoms with Crippen LogP contribution in [0, 0.1) is 0 Å². The lowest BCUT2D eigenvalue weighted by molar-refractivity contribution is 0.229. The maximum atomic E-state index is 4.36. The molecule has 1 N–H and O–H groups in total. The molecule has 4 heteroatoms. The van der Waals surface area contributed by atoms with Crippen molar-refractivity contribution in [1.82, 2.24) is 19.8 Å². The molecule has 1 aromatic rings. The number of nitrogens with one attached hydrogen (secondary N) is 1. The minimum absolute atomic E-state index is 0.595. The van der Waals surface area contributed by atoms with Crippen LogP contribution in [0.25, 0.3) is 0 Å². The highest BCUT2D eigenvalue weighted by Crippen LogP contribution is 2.18. The molecule has 0 bridgehead atoms. The van der Waals surface area contributed by atoms with Gasteiger partial charge in [0.05, 0.1) is 6.54 Å². The van der Waals surface area contributed by atoms with Gasteiger partial charge in [-0.15, -0.1) is 0 Å². The fourth-order valence-electron chi connectivity index (χ4n) is 1.93. The molecule has 1 aromatic heterocycles. The van der Waals surface area contributed by atoms with Crippen LogP contribution in [0.15, 0.2) is 12.4 Å². The van der Waals surface area contributed by atoms with Crippen LogP contribution in [0.2, 0.25) is 0 Å². The smallest absolute Gasteiger partial charge is 0.122 e. The molecule has 0 aromatic carbocycles. The standard InChI is InChI=1S/C13H24N4/c1-11(6-7-14-12-4-5-12)17(3)10-13-15-8-9-16(13)2/h8-9,11-12,14H,4-7,10H2,1-3H3. The molecule has 0 aliphatic heterocycles. The Kier molecular flexibility index (Phi) is 4.18. The molecule has 0 amide bonds. The monoisotopic (exact) mass is 236 g/mol. The van der Waals surface area contributed by atoms with Crippen LogP contribution in [-0.2, 0) is 13.6 Å². The zero-order valence-electron chi connectivity index (χ0n) is 11.2. The number of aryl methyl sites for hydroxylation is 1. The maximum Gasteiger partial charge on any atom is 0.122 e. The normalized spacial score (nSPS) is 17.6. The molecule has 1 heterocycles. The van der Waals surface area contributed by atoms with Crippen LogP contribution in [-0.4, -0.2) is 40.1 Å². The fraction of sp³-hybridized carbons (Fsp3) is 0.769. The summed E-state index contributed by atoms with van der Waals surface area (Å²) in [5.74, 6) is 1.13. The molecule has 2 rings (SSSR count). The fourth-order valence-corrected chi connectivity index (χ4v) is 1.93. The van der Waals surface area contributed by atoms with Gasteiger partial charge in [-0.2, -0.15) is 0 Å². The maximum absolute atomic E-state index is 4.36. The van der Waals surface area contributed by atoms with Gasteiger partial charge in [0.25, 0.3) is 0 Å². The van der Waals surface area contributed by atoms with Gasteiger partial charge in [0, 0.05) is 31.5 Å². The second-order valence-corrected chi connectivity index (χ2v) is 5.24. The third-order valence-corrected chi connectivity index (χ3v) is 3.64. The van der Waals surface area contributed by atoms with Gasteiger partial charge < -0.3 is 9.88 Å². The van der Waals surface area contributed by atoms with Crippen molar-refractivity contribution in [3.05, 3.63) is 18.2 Å². The molecule has 0 radical (unpaired) electrons. The Morgan fingerprint density at radius 2 is 2.35 bits per heavy atom. The first-order valence-corrected chi connectivity index (χ1v) is 6.56. The van der Waals surface area contributed by atoms with Crippen molar-refractivity contribution in [3.63, 3.8) is 0 Å². The molecule has 0 saturated heterocycles. The number of aromatic nitrogens is 2. The molecule has 4 nitrogen and oxygen atoms in total. The minimum atomic E-state index is 0.595. The van der Waals surface area contributed by atoms with E-state index in [9.17, 15) is 0 Å². The summed E-state index contributed by atoms with van der Waals surface area (Å²) in [5.41, 5.74) is 0. The molecule has 17 heavy (non-hydrogen) atoms. The Morgan fingerprint density at radius 1 is 1.59 bits per heavy atom. The van der Waals surface area contributed by atoms with Crippen LogP contribution >= 0.6 is 0 Å². The molecular weight excluding hydrogens is 212 g/mol. The SMILES string of the molecule is CC(CCNC1CC1)N(C)Cc1nccn1C. The summed E-state index contributed by atoms with van der Waals surface area (Å²) in [6.45, 7) is 4.35. The van der Waals surface area contributed by atoms with Crippen molar-refractivity contribution in [3.8, 4) is 0 Å². The Bertz CT molecular complexity index is 343. The molecule has 1 saturated carbocycles. The third-order valence-electron chi connectivity index (χ3n) is 3.64. The molecule has 1 unspecified atom stereocenters. The number of hydrogen-bond donors (Lipinski definition) is 1. The zero-order valence-corrected chi connectivity index (χ0v) is 11.2. The quantitative estimate of drug-likeness (QED) is 0.776. The molecular formula is C13H24N4. The van der Waals surface area contributed by atoms with Crippen molar-refractivity contribution < 1.29 is 0 Å². The topological polar surface area (TPSA) is 33.1 Å². The largest absolute Gasteiger partial charge is 0.337 e. The van der Waals surface area contributed by atoms with E-state index in [0.29, 0.717) is 6.04 Å². The summed E-state index contributed by atoms with van der Waals surface area (Å²) in [7, 11) is 4.23. The minimum Gasteiger partial charge on any atom is -0.337 e. The van der Waals surface area contributed by atoms with Crippen LogP contribution < -0.4 is 5.32 Å². The van der Waals surface area contributed by atoms with Gasteiger partial charge in [-0.05, 0) is 39.8 Å². The number of hydrogen-bond acceptors (Lipinski definition) is 3. The predicted octanol–water partition coefficient (Wildman–Crippen LogP) is 1.38. The van der Waals surface area contributed by atoms with Crippen LogP contribution in [0.5, 0.6) is 0 Å². The Balaban J connectivity index is 1.70. The van der Waals surface area contributed by atoms with Crippen LogP contribution in [0.4, 0.5) is 0 Å². The van der Waals surface area contributed by atoms with E-state index in [1.807, 2.05) is 12.4 Å². The summed E-state index contributed by atoms with van der Waals surface area (Å²) in [6, 6.07) is 1.42. The molecule has 0 spiro atoms. The Morgan fingerprint density at radius 3 is 2.94 bits per heavy atom. The Labute approximate surface area is 104 Å². The second-order valence-electron chi connectivity index (χ2n) is 5.24. The van der Waals surface area contributed by atoms with Crippen molar-refractivity contribution >= 4 is 0 Å². The van der Waals surface area contributed by atoms with Crippen LogP contribution in [0.1, 0.15) is 32.0 Å². The summed E-state index contributed by atoms with van der Waals surface area (Å²) in [5, 5.41) is 3.57. The first-order chi connectivity index (χ1) is 8.16. The number of nitrogens with zero attached hydrogens (tertiary/aromatic N) is 3. The van der Waals surface area contributed by atoms with E-state index in [-0.39, 0.29) is 0 Å². The van der Waals surface area contributed by atoms with E-state index in [4.69, 9.17) is 0 Å². The van der Waals surface area contributed by atoms with Gasteiger partial charge in [0.15, 0.2) is 0 Å². The third kappa shape index (κ3) is 3.82. The Hall–Kier alpha value is -0.870. The number of rotatable bonds is 7. The number of imidazole rings is 1. The zero-order chi connectivity index (χ0) is 12.3. The average Bonchev–Trinajstić information content (AvgIpc) is 3.04. The van der Waals surface area contributed by atoms with Crippen molar-refractivity contribution in [1.29, 1.82) is 0 Å². The van der Waals surface area contributed by atoms with Crippen molar-refractivity contribution in [2.45, 2.75) is 44.8 Å². The molecule has 1 atom stereocenters. The highest BCUT2D eigenvalue weighted by atomic mass is 15.2. The molecule has 1 aliphatic carbocycles. The average molecular weight is 236 g/mol. The van der Waals surface area contributed by atoms with Gasteiger partial charge in [0.1, 0.15) is 5.82 Å². The first-order valence-electron chi connectivity index (χ1n) is 6.56. The summed E-state index contributed by atoms with van der Waals surface area (Å²) in [4.78, 5) is 6.73. The lowest BCUT2D eigenvalue weighted by Gasteiger charge is -2.24. The molecule has 1 fully saturated rings. The van der Waals surface area contributed by atoms with Crippen LogP contribution in [0.3, 0.4) is 0 Å². The van der Waals surface area contributed by atoms with E-state index in [1.54, 1.807) is 0 Å². The predicted molar refractivity (Wildman–Crippen MR) is 69.8 cm³/mol. The second kappa shape index (κ2) is 5.65. The van der Waals surface area contributed by atoms with E-state index < -0.39 is 0 Å². The van der Waals surface area contributed by atoms with Gasteiger partial charge in [-0.1, -0.05) is 0 Å². The van der Waals surface area contributed by atoms with Crippen molar-refractivity contribution in [2.75, 3.05) is 13.6 Å². The first kappa shape index (κ1) is 12.6. The lowest BCUT2D eigenvalue weighted by Crippen LogP contribution is -2.33. The van der Waals surface area contributed by atoms with E-state index in [1.165, 1.54) is 19.3 Å². The van der Waals surface area contributed by atoms with E-state index >= 15 is 0 Å². The van der Waals surface area contributed by atoms with Gasteiger partial charge in [0.2, 0.25) is 0 Å². The molecule has 96 valence electrons. The lowest BCUT2D eigenvalue weighted by atomic mass is 10.2. The molecule has 1 aliphatic rings. The van der Waals surface area contributed by atoms with Crippen molar-refractivity contribution in [2.24, 2.45) is 7.05 Å². The summed E-state index contributed by atoms with van der Waals surface area (Å²) < 4.78 is 2.09. The van der Waals surface area contributed by atoms with Gasteiger partial charge >= 0.3 is 0 Å². The van der Waals surface area contributed by atoms with Gasteiger partial charge in [-0.3, -0.25) is 4.90 Å². The van der Waals surface area contributed by atoms with Gasteiger partial charge in [-0.25, -0.2) is 4.98 Å². The van der Waals surface area contributed by atoms with E-state index in [2.05, 4.69) is 40.8 Å². The summed E-state index contributed by atoms with van der Waals surface area (Å²) in [6.07, 6.45) is 7.82. The highest BCUT2D eigenvalue weighted by molar-refractivity contribution is 4.91. The summed E-state index contributed by atoms with van der Waals surface area (Å²) >= 11 is 0. The van der Waals surface area contributed by atoms with E-state index in [0.717, 1.165) is 25.0 Å².